The molecular formula is C11H21F. The van der Waals surface area contributed by atoms with E-state index in [1.807, 2.05) is 0 Å². The highest BCUT2D eigenvalue weighted by Gasteiger charge is 2.54. The van der Waals surface area contributed by atoms with Gasteiger partial charge in [0.1, 0.15) is 5.67 Å². The van der Waals surface area contributed by atoms with Crippen LogP contribution < -0.4 is 0 Å². The van der Waals surface area contributed by atoms with Crippen molar-refractivity contribution in [3.63, 3.8) is 0 Å². The first-order chi connectivity index (χ1) is 5.52. The maximum absolute atomic E-state index is 13.7. The molecule has 0 nitrogen and oxygen atoms in total. The van der Waals surface area contributed by atoms with Gasteiger partial charge in [0.25, 0.3) is 0 Å². The minimum Gasteiger partial charge on any atom is -0.243 e. The molecule has 0 atom stereocenters. The van der Waals surface area contributed by atoms with Crippen LogP contribution in [0.4, 0.5) is 4.39 Å². The van der Waals surface area contributed by atoms with Crippen LogP contribution >= 0.6 is 0 Å². The Hall–Kier alpha value is -0.0700. The molecule has 0 radical (unpaired) electrons. The van der Waals surface area contributed by atoms with Crippen molar-refractivity contribution in [1.29, 1.82) is 0 Å². The molecule has 0 unspecified atom stereocenters. The topological polar surface area (TPSA) is 0 Å². The fraction of sp³-hybridized carbons (Fsp3) is 1.00. The van der Waals surface area contributed by atoms with Gasteiger partial charge in [0.15, 0.2) is 0 Å². The molecule has 1 heteroatoms. The standard InChI is InChI=1S/C11H21F/c1-4-5-6-7-10(2,3)11(12)8-9-11/h4-9H2,1-3H3. The van der Waals surface area contributed by atoms with E-state index in [-0.39, 0.29) is 5.41 Å². The van der Waals surface area contributed by atoms with Crippen LogP contribution in [0, 0.1) is 5.41 Å². The lowest BCUT2D eigenvalue weighted by molar-refractivity contribution is 0.105. The highest BCUT2D eigenvalue weighted by Crippen LogP contribution is 2.55. The second-order valence-corrected chi connectivity index (χ2v) is 4.81. The largest absolute Gasteiger partial charge is 0.243 e. The van der Waals surface area contributed by atoms with Crippen molar-refractivity contribution in [2.24, 2.45) is 5.41 Å². The van der Waals surface area contributed by atoms with E-state index in [2.05, 4.69) is 20.8 Å². The zero-order valence-electron chi connectivity index (χ0n) is 8.62. The average Bonchev–Trinajstić information content (AvgIpc) is 2.70. The van der Waals surface area contributed by atoms with Crippen LogP contribution in [0.1, 0.15) is 59.3 Å². The molecule has 0 heterocycles. The third-order valence-electron chi connectivity index (χ3n) is 3.31. The van der Waals surface area contributed by atoms with Crippen LogP contribution in [0.15, 0.2) is 0 Å². The van der Waals surface area contributed by atoms with Crippen LogP contribution in [-0.4, -0.2) is 5.67 Å². The number of rotatable bonds is 5. The van der Waals surface area contributed by atoms with E-state index in [1.165, 1.54) is 19.3 Å². The summed E-state index contributed by atoms with van der Waals surface area (Å²) >= 11 is 0. The van der Waals surface area contributed by atoms with E-state index >= 15 is 0 Å². The van der Waals surface area contributed by atoms with Crippen LogP contribution in [-0.2, 0) is 0 Å². The predicted octanol–water partition coefficient (Wildman–Crippen LogP) is 4.10. The molecule has 0 aliphatic heterocycles. The molecule has 0 spiro atoms. The minimum atomic E-state index is -0.805. The Balaban J connectivity index is 2.28. The summed E-state index contributed by atoms with van der Waals surface area (Å²) in [6.45, 7) is 6.35. The fourth-order valence-corrected chi connectivity index (χ4v) is 1.83. The second-order valence-electron chi connectivity index (χ2n) is 4.81. The van der Waals surface area contributed by atoms with E-state index in [4.69, 9.17) is 0 Å². The number of hydrogen-bond donors (Lipinski definition) is 0. The fourth-order valence-electron chi connectivity index (χ4n) is 1.83. The Morgan fingerprint density at radius 2 is 1.83 bits per heavy atom. The summed E-state index contributed by atoms with van der Waals surface area (Å²) < 4.78 is 13.7. The van der Waals surface area contributed by atoms with Crippen LogP contribution in [0.2, 0.25) is 0 Å². The number of unbranched alkanes of at least 4 members (excludes halogenated alkanes) is 2. The van der Waals surface area contributed by atoms with E-state index < -0.39 is 5.67 Å². The molecular weight excluding hydrogens is 151 g/mol. The normalized spacial score (nSPS) is 21.0. The lowest BCUT2D eigenvalue weighted by Gasteiger charge is -2.28. The molecule has 0 N–H and O–H groups in total. The summed E-state index contributed by atoms with van der Waals surface area (Å²) in [5.41, 5.74) is -0.872. The van der Waals surface area contributed by atoms with E-state index in [9.17, 15) is 4.39 Å². The van der Waals surface area contributed by atoms with Gasteiger partial charge >= 0.3 is 0 Å². The Morgan fingerprint density at radius 1 is 1.25 bits per heavy atom. The van der Waals surface area contributed by atoms with E-state index in [0.29, 0.717) is 0 Å². The van der Waals surface area contributed by atoms with Gasteiger partial charge in [0.2, 0.25) is 0 Å². The third kappa shape index (κ3) is 1.99. The van der Waals surface area contributed by atoms with Crippen molar-refractivity contribution in [3.8, 4) is 0 Å². The highest BCUT2D eigenvalue weighted by atomic mass is 19.1. The van der Waals surface area contributed by atoms with Crippen LogP contribution in [0.25, 0.3) is 0 Å². The molecule has 1 aliphatic rings. The van der Waals surface area contributed by atoms with Crippen molar-refractivity contribution in [3.05, 3.63) is 0 Å². The minimum absolute atomic E-state index is 0.0673. The van der Waals surface area contributed by atoms with Crippen molar-refractivity contribution in [1.82, 2.24) is 0 Å². The molecule has 0 bridgehead atoms. The van der Waals surface area contributed by atoms with Crippen LogP contribution in [0.5, 0.6) is 0 Å². The predicted molar refractivity (Wildman–Crippen MR) is 51.0 cm³/mol. The first kappa shape index (κ1) is 10.0. The molecule has 12 heavy (non-hydrogen) atoms. The van der Waals surface area contributed by atoms with Gasteiger partial charge in [-0.1, -0.05) is 40.0 Å². The first-order valence-corrected chi connectivity index (χ1v) is 5.21. The van der Waals surface area contributed by atoms with Crippen molar-refractivity contribution >= 4 is 0 Å². The summed E-state index contributed by atoms with van der Waals surface area (Å²) in [5.74, 6) is 0. The maximum atomic E-state index is 13.7. The SMILES string of the molecule is CCCCCC(C)(C)C1(F)CC1. The number of hydrogen-bond acceptors (Lipinski definition) is 0. The Bertz CT molecular complexity index is 145. The van der Waals surface area contributed by atoms with E-state index in [0.717, 1.165) is 19.3 Å². The molecule has 1 rings (SSSR count). The molecule has 0 aromatic heterocycles. The molecule has 0 amide bonds. The van der Waals surface area contributed by atoms with E-state index in [1.54, 1.807) is 0 Å². The smallest absolute Gasteiger partial charge is 0.116 e. The molecule has 72 valence electrons. The molecule has 0 aromatic carbocycles. The summed E-state index contributed by atoms with van der Waals surface area (Å²) in [6.07, 6.45) is 6.32. The number of halogens is 1. The molecule has 1 saturated carbocycles. The summed E-state index contributed by atoms with van der Waals surface area (Å²) in [5, 5.41) is 0. The summed E-state index contributed by atoms with van der Waals surface area (Å²) in [6, 6.07) is 0. The van der Waals surface area contributed by atoms with Gasteiger partial charge in [-0.05, 0) is 24.7 Å². The number of alkyl halides is 1. The van der Waals surface area contributed by atoms with Gasteiger partial charge < -0.3 is 0 Å². The second kappa shape index (κ2) is 3.35. The maximum Gasteiger partial charge on any atom is 0.116 e. The molecule has 0 aromatic rings. The first-order valence-electron chi connectivity index (χ1n) is 5.21. The monoisotopic (exact) mass is 172 g/mol. The Labute approximate surface area is 75.5 Å². The summed E-state index contributed by atoms with van der Waals surface area (Å²) in [4.78, 5) is 0. The van der Waals surface area contributed by atoms with Gasteiger partial charge in [0.05, 0.1) is 0 Å². The van der Waals surface area contributed by atoms with Crippen molar-refractivity contribution in [2.45, 2.75) is 65.0 Å². The molecule has 1 aliphatic carbocycles. The van der Waals surface area contributed by atoms with Crippen LogP contribution in [0.3, 0.4) is 0 Å². The zero-order chi connectivity index (χ0) is 9.24. The van der Waals surface area contributed by atoms with Gasteiger partial charge in [0, 0.05) is 0 Å². The van der Waals surface area contributed by atoms with Crippen molar-refractivity contribution in [2.75, 3.05) is 0 Å². The van der Waals surface area contributed by atoms with Gasteiger partial charge in [-0.15, -0.1) is 0 Å². The van der Waals surface area contributed by atoms with Gasteiger partial charge in [-0.3, -0.25) is 0 Å². The summed E-state index contributed by atoms with van der Waals surface area (Å²) in [7, 11) is 0. The zero-order valence-corrected chi connectivity index (χ0v) is 8.62. The van der Waals surface area contributed by atoms with Crippen molar-refractivity contribution < 1.29 is 4.39 Å². The lowest BCUT2D eigenvalue weighted by Crippen LogP contribution is -2.27. The van der Waals surface area contributed by atoms with Gasteiger partial charge in [-0.25, -0.2) is 4.39 Å². The highest BCUT2D eigenvalue weighted by molar-refractivity contribution is 5.04. The lowest BCUT2D eigenvalue weighted by atomic mass is 9.80. The third-order valence-corrected chi connectivity index (χ3v) is 3.31. The Morgan fingerprint density at radius 3 is 2.25 bits per heavy atom. The molecule has 1 fully saturated rings. The van der Waals surface area contributed by atoms with Gasteiger partial charge in [-0.2, -0.15) is 0 Å². The quantitative estimate of drug-likeness (QED) is 0.548. The average molecular weight is 172 g/mol. The Kier molecular flexibility index (Phi) is 2.80. The molecule has 0 saturated heterocycles.